The van der Waals surface area contributed by atoms with Gasteiger partial charge in [0.2, 0.25) is 5.91 Å². The molecule has 1 aromatic rings. The summed E-state index contributed by atoms with van der Waals surface area (Å²) in [4.78, 5) is 12.0. The monoisotopic (exact) mass is 301 g/mol. The van der Waals surface area contributed by atoms with Gasteiger partial charge in [0.25, 0.3) is 0 Å². The molecule has 3 atom stereocenters. The third-order valence-corrected chi connectivity index (χ3v) is 3.62. The van der Waals surface area contributed by atoms with Crippen LogP contribution < -0.4 is 5.32 Å². The summed E-state index contributed by atoms with van der Waals surface area (Å²) in [6.07, 6.45) is -3.61. The molecule has 1 heterocycles. The molecule has 1 aromatic carbocycles. The Kier molecular flexibility index (Phi) is 4.56. The Hall–Kier alpha value is -1.56. The van der Waals surface area contributed by atoms with Gasteiger partial charge in [-0.1, -0.05) is 18.2 Å². The van der Waals surface area contributed by atoms with Gasteiger partial charge in [-0.05, 0) is 38.3 Å². The molecule has 0 aliphatic carbocycles. The molecule has 0 aromatic heterocycles. The molecular formula is C15H18F3NO2. The second-order valence-corrected chi connectivity index (χ2v) is 5.33. The fourth-order valence-electron chi connectivity index (χ4n) is 2.51. The van der Waals surface area contributed by atoms with Gasteiger partial charge in [0.1, 0.15) is 6.10 Å². The Labute approximate surface area is 121 Å². The summed E-state index contributed by atoms with van der Waals surface area (Å²) in [7, 11) is 0. The van der Waals surface area contributed by atoms with Crippen LogP contribution in [-0.2, 0) is 15.7 Å². The van der Waals surface area contributed by atoms with Crippen molar-refractivity contribution in [3.05, 3.63) is 35.4 Å². The highest BCUT2D eigenvalue weighted by Crippen LogP contribution is 2.34. The lowest BCUT2D eigenvalue weighted by Crippen LogP contribution is -2.36. The van der Waals surface area contributed by atoms with E-state index in [4.69, 9.17) is 4.74 Å². The predicted octanol–water partition coefficient (Wildman–Crippen LogP) is 3.45. The van der Waals surface area contributed by atoms with Crippen LogP contribution in [0.3, 0.4) is 0 Å². The zero-order valence-electron chi connectivity index (χ0n) is 11.9. The quantitative estimate of drug-likeness (QED) is 0.928. The number of carbonyl (C=O) groups is 1. The lowest BCUT2D eigenvalue weighted by Gasteiger charge is -2.21. The summed E-state index contributed by atoms with van der Waals surface area (Å²) in [5, 5.41) is 2.61. The number of ether oxygens (including phenoxy) is 1. The second kappa shape index (κ2) is 6.05. The first-order chi connectivity index (χ1) is 9.79. The highest BCUT2D eigenvalue weighted by Gasteiger charge is 2.35. The van der Waals surface area contributed by atoms with E-state index in [0.717, 1.165) is 12.5 Å². The lowest BCUT2D eigenvalue weighted by molar-refractivity contribution is -0.139. The maximum atomic E-state index is 13.0. The summed E-state index contributed by atoms with van der Waals surface area (Å²) in [6, 6.07) is 4.54. The standard InChI is InChI=1S/C15H18F3NO2/c1-9-7-8-13(21-9)14(20)19-10(2)11-5-3-4-6-12(11)15(16,17)18/h3-6,9-10,13H,7-8H2,1-2H3,(H,19,20)/t9-,10-,13-/m1/s1. The molecular weight excluding hydrogens is 283 g/mol. The number of amides is 1. The van der Waals surface area contributed by atoms with E-state index < -0.39 is 23.9 Å². The van der Waals surface area contributed by atoms with Gasteiger partial charge in [-0.2, -0.15) is 13.2 Å². The van der Waals surface area contributed by atoms with Crippen molar-refractivity contribution in [2.45, 2.75) is 51.1 Å². The van der Waals surface area contributed by atoms with Crippen molar-refractivity contribution in [1.29, 1.82) is 0 Å². The number of carbonyl (C=O) groups excluding carboxylic acids is 1. The fraction of sp³-hybridized carbons (Fsp3) is 0.533. The lowest BCUT2D eigenvalue weighted by atomic mass is 10.0. The van der Waals surface area contributed by atoms with Crippen molar-refractivity contribution in [3.8, 4) is 0 Å². The first-order valence-corrected chi connectivity index (χ1v) is 6.91. The van der Waals surface area contributed by atoms with Gasteiger partial charge in [0, 0.05) is 0 Å². The van der Waals surface area contributed by atoms with Crippen molar-refractivity contribution in [2.24, 2.45) is 0 Å². The first kappa shape index (κ1) is 15.8. The van der Waals surface area contributed by atoms with E-state index in [-0.39, 0.29) is 17.6 Å². The minimum absolute atomic E-state index is 0.0125. The van der Waals surface area contributed by atoms with Crippen molar-refractivity contribution < 1.29 is 22.7 Å². The SMILES string of the molecule is C[C@@H]1CC[C@H](C(=O)N[C@H](C)c2ccccc2C(F)(F)F)O1. The van der Waals surface area contributed by atoms with Gasteiger partial charge in [0.15, 0.2) is 0 Å². The molecule has 1 amide bonds. The van der Waals surface area contributed by atoms with E-state index in [0.29, 0.717) is 6.42 Å². The smallest absolute Gasteiger partial charge is 0.365 e. The zero-order chi connectivity index (χ0) is 15.6. The highest BCUT2D eigenvalue weighted by atomic mass is 19.4. The summed E-state index contributed by atoms with van der Waals surface area (Å²) in [5.41, 5.74) is -0.664. The number of hydrogen-bond donors (Lipinski definition) is 1. The van der Waals surface area contributed by atoms with Gasteiger partial charge in [-0.15, -0.1) is 0 Å². The van der Waals surface area contributed by atoms with Crippen LogP contribution >= 0.6 is 0 Å². The molecule has 0 bridgehead atoms. The Morgan fingerprint density at radius 3 is 2.57 bits per heavy atom. The number of nitrogens with one attached hydrogen (secondary N) is 1. The average Bonchev–Trinajstić information content (AvgIpc) is 2.84. The highest BCUT2D eigenvalue weighted by molar-refractivity contribution is 5.81. The predicted molar refractivity (Wildman–Crippen MR) is 71.6 cm³/mol. The van der Waals surface area contributed by atoms with E-state index in [9.17, 15) is 18.0 Å². The maximum absolute atomic E-state index is 13.0. The Morgan fingerprint density at radius 2 is 2.00 bits per heavy atom. The van der Waals surface area contributed by atoms with Gasteiger partial charge in [-0.25, -0.2) is 0 Å². The Bertz CT molecular complexity index is 516. The molecule has 0 radical (unpaired) electrons. The van der Waals surface area contributed by atoms with Crippen LogP contribution in [0.1, 0.15) is 43.9 Å². The van der Waals surface area contributed by atoms with Crippen LogP contribution in [0.5, 0.6) is 0 Å². The molecule has 6 heteroatoms. The molecule has 1 aliphatic heterocycles. The van der Waals surface area contributed by atoms with Crippen LogP contribution in [0.4, 0.5) is 13.2 Å². The molecule has 3 nitrogen and oxygen atoms in total. The minimum Gasteiger partial charge on any atom is -0.365 e. The molecule has 0 unspecified atom stereocenters. The van der Waals surface area contributed by atoms with Crippen molar-refractivity contribution >= 4 is 5.91 Å². The topological polar surface area (TPSA) is 38.3 Å². The van der Waals surface area contributed by atoms with Gasteiger partial charge >= 0.3 is 6.18 Å². The van der Waals surface area contributed by atoms with Crippen molar-refractivity contribution in [2.75, 3.05) is 0 Å². The molecule has 21 heavy (non-hydrogen) atoms. The number of alkyl halides is 3. The molecule has 2 rings (SSSR count). The van der Waals surface area contributed by atoms with E-state index in [1.807, 2.05) is 6.92 Å². The van der Waals surface area contributed by atoms with Crippen LogP contribution in [0.2, 0.25) is 0 Å². The average molecular weight is 301 g/mol. The first-order valence-electron chi connectivity index (χ1n) is 6.91. The number of benzene rings is 1. The summed E-state index contributed by atoms with van der Waals surface area (Å²) in [6.45, 7) is 3.41. The summed E-state index contributed by atoms with van der Waals surface area (Å²) < 4.78 is 44.3. The third-order valence-electron chi connectivity index (χ3n) is 3.62. The summed E-state index contributed by atoms with van der Waals surface area (Å²) in [5.74, 6) is -0.358. The zero-order valence-corrected chi connectivity index (χ0v) is 11.9. The molecule has 0 spiro atoms. The van der Waals surface area contributed by atoms with E-state index in [1.165, 1.54) is 18.2 Å². The third kappa shape index (κ3) is 3.75. The number of hydrogen-bond acceptors (Lipinski definition) is 2. The van der Waals surface area contributed by atoms with Crippen LogP contribution in [-0.4, -0.2) is 18.1 Å². The fourth-order valence-corrected chi connectivity index (χ4v) is 2.51. The van der Waals surface area contributed by atoms with Gasteiger partial charge < -0.3 is 10.1 Å². The number of halogens is 3. The maximum Gasteiger partial charge on any atom is 0.416 e. The van der Waals surface area contributed by atoms with Crippen LogP contribution in [0, 0.1) is 0 Å². The minimum atomic E-state index is -4.44. The van der Waals surface area contributed by atoms with Crippen LogP contribution in [0.25, 0.3) is 0 Å². The second-order valence-electron chi connectivity index (χ2n) is 5.33. The van der Waals surface area contributed by atoms with Gasteiger partial charge in [0.05, 0.1) is 17.7 Å². The largest absolute Gasteiger partial charge is 0.416 e. The van der Waals surface area contributed by atoms with Crippen LogP contribution in [0.15, 0.2) is 24.3 Å². The van der Waals surface area contributed by atoms with E-state index in [1.54, 1.807) is 6.92 Å². The molecule has 1 fully saturated rings. The Morgan fingerprint density at radius 1 is 1.33 bits per heavy atom. The Balaban J connectivity index is 2.10. The van der Waals surface area contributed by atoms with Crippen molar-refractivity contribution in [3.63, 3.8) is 0 Å². The van der Waals surface area contributed by atoms with Crippen molar-refractivity contribution in [1.82, 2.24) is 5.32 Å². The van der Waals surface area contributed by atoms with E-state index >= 15 is 0 Å². The normalized spacial score (nSPS) is 23.9. The molecule has 116 valence electrons. The molecule has 1 saturated heterocycles. The van der Waals surface area contributed by atoms with E-state index in [2.05, 4.69) is 5.32 Å². The molecule has 1 N–H and O–H groups in total. The van der Waals surface area contributed by atoms with Gasteiger partial charge in [-0.3, -0.25) is 4.79 Å². The summed E-state index contributed by atoms with van der Waals surface area (Å²) >= 11 is 0. The molecule has 1 aliphatic rings. The molecule has 0 saturated carbocycles. The number of rotatable bonds is 3.